The summed E-state index contributed by atoms with van der Waals surface area (Å²) in [5.74, 6) is 1.43. The van der Waals surface area contributed by atoms with E-state index in [9.17, 15) is 0 Å². The van der Waals surface area contributed by atoms with Crippen molar-refractivity contribution in [3.63, 3.8) is 0 Å². The first-order chi connectivity index (χ1) is 25.3. The number of aromatic nitrogens is 4. The summed E-state index contributed by atoms with van der Waals surface area (Å²) in [5, 5.41) is 4.31. The Morgan fingerprint density at radius 3 is 2.08 bits per heavy atom. The maximum absolute atomic E-state index is 6.46. The summed E-state index contributed by atoms with van der Waals surface area (Å²) in [7, 11) is 0. The summed E-state index contributed by atoms with van der Waals surface area (Å²) < 4.78 is 8.72. The smallest absolute Gasteiger partial charge is 0.156 e. The summed E-state index contributed by atoms with van der Waals surface area (Å²) in [6.07, 6.45) is 3.83. The number of fused-ring (bicyclic) bond motifs is 6. The zero-order chi connectivity index (χ0) is 35.9. The van der Waals surface area contributed by atoms with Gasteiger partial charge < -0.3 is 14.0 Å². The van der Waals surface area contributed by atoms with Crippen molar-refractivity contribution in [2.45, 2.75) is 53.4 Å². The number of pyridine rings is 2. The molecule has 0 aliphatic rings. The molecule has 0 aliphatic heterocycles. The van der Waals surface area contributed by atoms with Crippen molar-refractivity contribution >= 4 is 43.9 Å². The molecule has 4 aromatic heterocycles. The van der Waals surface area contributed by atoms with E-state index >= 15 is 0 Å². The molecule has 1 radical (unpaired) electrons. The molecular weight excluding hydrogens is 829 g/mol. The van der Waals surface area contributed by atoms with Crippen molar-refractivity contribution in [3.05, 3.63) is 156 Å². The van der Waals surface area contributed by atoms with Crippen molar-refractivity contribution in [3.8, 4) is 28.3 Å². The van der Waals surface area contributed by atoms with Crippen molar-refractivity contribution in [2.75, 3.05) is 0 Å². The Morgan fingerprint density at radius 2 is 1.38 bits per heavy atom. The Bertz CT molecular complexity index is 2630. The Labute approximate surface area is 324 Å². The number of furan rings is 1. The fraction of sp³-hybridized carbons (Fsp3) is 0.170. The quantitative estimate of drug-likeness (QED) is 0.162. The monoisotopic (exact) mass is 869 g/mol. The fourth-order valence-corrected chi connectivity index (χ4v) is 6.96. The van der Waals surface area contributed by atoms with Gasteiger partial charge in [-0.25, -0.2) is 4.98 Å². The average Bonchev–Trinajstić information content (AvgIpc) is 3.74. The Balaban J connectivity index is 0.000000245. The molecule has 0 saturated carbocycles. The third kappa shape index (κ3) is 6.70. The van der Waals surface area contributed by atoms with Gasteiger partial charge in [-0.15, -0.1) is 53.6 Å². The number of para-hydroxylation sites is 2. The number of nitrogens with zero attached hydrogens (tertiary/aromatic N) is 4. The molecule has 5 nitrogen and oxygen atoms in total. The molecule has 4 heterocycles. The second-order valence-electron chi connectivity index (χ2n) is 14.1. The van der Waals surface area contributed by atoms with E-state index in [0.717, 1.165) is 72.2 Å². The summed E-state index contributed by atoms with van der Waals surface area (Å²) >= 11 is 0. The molecule has 53 heavy (non-hydrogen) atoms. The predicted molar refractivity (Wildman–Crippen MR) is 214 cm³/mol. The number of aryl methyl sites for hydroxylation is 2. The fourth-order valence-electron chi connectivity index (χ4n) is 6.96. The van der Waals surface area contributed by atoms with Gasteiger partial charge in [0.05, 0.1) is 11.4 Å². The van der Waals surface area contributed by atoms with Gasteiger partial charge in [0.1, 0.15) is 11.1 Å². The minimum absolute atomic E-state index is 0. The van der Waals surface area contributed by atoms with Crippen molar-refractivity contribution < 1.29 is 24.5 Å². The number of imidazole rings is 1. The second-order valence-corrected chi connectivity index (χ2v) is 14.1. The SMILES string of the molecule is CC(C)c1cccc(C(C)C)c1-n1c(-c2[c-]ccc3c2oc2ccccc23)nc2c3ccccc3cnc21.Cc1c[c-]c(-c2ccc(C)cn2)cc1.[Ir]. The molecule has 0 atom stereocenters. The van der Waals surface area contributed by atoms with Crippen LogP contribution in [0.5, 0.6) is 0 Å². The second kappa shape index (κ2) is 14.9. The molecule has 6 heteroatoms. The topological polar surface area (TPSA) is 56.7 Å². The van der Waals surface area contributed by atoms with Crippen LogP contribution in [0.3, 0.4) is 0 Å². The molecule has 265 valence electrons. The molecule has 0 bridgehead atoms. The van der Waals surface area contributed by atoms with Crippen molar-refractivity contribution in [1.29, 1.82) is 0 Å². The Kier molecular flexibility index (Phi) is 10.1. The van der Waals surface area contributed by atoms with Gasteiger partial charge >= 0.3 is 0 Å². The van der Waals surface area contributed by atoms with E-state index in [1.165, 1.54) is 22.3 Å². The molecule has 9 rings (SSSR count). The molecule has 0 saturated heterocycles. The number of hydrogen-bond donors (Lipinski definition) is 0. The van der Waals surface area contributed by atoms with Crippen LogP contribution < -0.4 is 0 Å². The van der Waals surface area contributed by atoms with Crippen LogP contribution in [0.1, 0.15) is 61.8 Å². The van der Waals surface area contributed by atoms with E-state index in [1.54, 1.807) is 0 Å². The van der Waals surface area contributed by atoms with Crippen LogP contribution >= 0.6 is 0 Å². The van der Waals surface area contributed by atoms with E-state index in [1.807, 2.05) is 67.8 Å². The van der Waals surface area contributed by atoms with Crippen LogP contribution in [0, 0.1) is 26.0 Å². The summed E-state index contributed by atoms with van der Waals surface area (Å²) in [6, 6.07) is 44.1. The van der Waals surface area contributed by atoms with Crippen molar-refractivity contribution in [1.82, 2.24) is 19.5 Å². The molecule has 0 spiro atoms. The van der Waals surface area contributed by atoms with E-state index in [2.05, 4.69) is 117 Å². The Morgan fingerprint density at radius 1 is 0.660 bits per heavy atom. The van der Waals surface area contributed by atoms with Gasteiger partial charge in [-0.1, -0.05) is 118 Å². The maximum atomic E-state index is 6.46. The number of benzene rings is 5. The standard InChI is InChI=1S/C34H28N3O.C13H12N.Ir/c1-20(2)23-14-9-15-24(21(3)4)31(23)37-33(36-30-25-12-6-5-11-22(25)19-35-34(30)37)28-17-10-16-27-26-13-7-8-18-29(26)38-32(27)28;1-10-3-6-12(7-4-10)13-8-5-11(2)9-14-13;/h5-16,18-21H,1-4H3;3-6,8-9H,1-2H3;/q2*-1;. The van der Waals surface area contributed by atoms with E-state index in [0.29, 0.717) is 11.8 Å². The zero-order valence-electron chi connectivity index (χ0n) is 30.7. The van der Waals surface area contributed by atoms with Crippen LogP contribution in [0.15, 0.2) is 126 Å². The van der Waals surface area contributed by atoms with Crippen LogP contribution in [0.25, 0.3) is 72.2 Å². The van der Waals surface area contributed by atoms with Crippen molar-refractivity contribution in [2.24, 2.45) is 0 Å². The number of hydrogen-bond acceptors (Lipinski definition) is 4. The maximum Gasteiger partial charge on any atom is 0.156 e. The summed E-state index contributed by atoms with van der Waals surface area (Å²) in [4.78, 5) is 14.7. The summed E-state index contributed by atoms with van der Waals surface area (Å²) in [6.45, 7) is 13.1. The first-order valence-corrected chi connectivity index (χ1v) is 17.9. The van der Waals surface area contributed by atoms with Crippen LogP contribution in [-0.4, -0.2) is 19.5 Å². The normalized spacial score (nSPS) is 11.4. The van der Waals surface area contributed by atoms with Crippen LogP contribution in [0.2, 0.25) is 0 Å². The van der Waals surface area contributed by atoms with Crippen LogP contribution in [-0.2, 0) is 20.1 Å². The van der Waals surface area contributed by atoms with E-state index in [4.69, 9.17) is 14.4 Å². The molecule has 0 fully saturated rings. The first kappa shape index (κ1) is 36.0. The Hall–Kier alpha value is -5.42. The van der Waals surface area contributed by atoms with Gasteiger partial charge in [-0.05, 0) is 47.2 Å². The molecule has 9 aromatic rings. The zero-order valence-corrected chi connectivity index (χ0v) is 33.1. The number of rotatable bonds is 5. The third-order valence-electron chi connectivity index (χ3n) is 9.68. The van der Waals surface area contributed by atoms with Crippen LogP contribution in [0.4, 0.5) is 0 Å². The van der Waals surface area contributed by atoms with E-state index < -0.39 is 0 Å². The largest absolute Gasteiger partial charge is 0.501 e. The van der Waals surface area contributed by atoms with Gasteiger partial charge in [0.2, 0.25) is 0 Å². The van der Waals surface area contributed by atoms with Gasteiger partial charge in [-0.2, -0.15) is 0 Å². The average molecular weight is 869 g/mol. The van der Waals surface area contributed by atoms with Gasteiger partial charge in [0.25, 0.3) is 0 Å². The molecule has 0 amide bonds. The molecule has 0 aliphatic carbocycles. The predicted octanol–water partition coefficient (Wildman–Crippen LogP) is 12.4. The molecule has 5 aromatic carbocycles. The molecular formula is C47H40IrN4O-2. The first-order valence-electron chi connectivity index (χ1n) is 17.9. The van der Waals surface area contributed by atoms with Gasteiger partial charge in [0, 0.05) is 54.3 Å². The minimum atomic E-state index is 0. The molecule has 0 unspecified atom stereocenters. The van der Waals surface area contributed by atoms with Gasteiger partial charge in [-0.3, -0.25) is 4.98 Å². The van der Waals surface area contributed by atoms with Gasteiger partial charge in [0.15, 0.2) is 5.65 Å². The van der Waals surface area contributed by atoms with E-state index in [-0.39, 0.29) is 20.1 Å². The molecule has 0 N–H and O–H groups in total. The minimum Gasteiger partial charge on any atom is -0.501 e. The summed E-state index contributed by atoms with van der Waals surface area (Å²) in [5.41, 5.74) is 12.3. The third-order valence-corrected chi connectivity index (χ3v) is 9.68.